The Hall–Kier alpha value is -2.04. The predicted molar refractivity (Wildman–Crippen MR) is 87.9 cm³/mol. The number of ether oxygens (including phenoxy) is 1. The molecule has 0 aliphatic heterocycles. The molecule has 5 nitrogen and oxygen atoms in total. The summed E-state index contributed by atoms with van der Waals surface area (Å²) in [6.45, 7) is 8.20. The molecule has 1 aromatic rings. The first-order chi connectivity index (χ1) is 10.3. The monoisotopic (exact) mass is 306 g/mol. The van der Waals surface area contributed by atoms with Crippen LogP contribution in [0.3, 0.4) is 0 Å². The molecule has 0 aliphatic carbocycles. The normalized spacial score (nSPS) is 12.1. The lowest BCUT2D eigenvalue weighted by Gasteiger charge is -2.18. The van der Waals surface area contributed by atoms with Crippen molar-refractivity contribution in [2.45, 2.75) is 46.1 Å². The summed E-state index contributed by atoms with van der Waals surface area (Å²) in [5.41, 5.74) is 1.90. The van der Waals surface area contributed by atoms with E-state index in [1.807, 2.05) is 38.1 Å². The summed E-state index contributed by atoms with van der Waals surface area (Å²) >= 11 is 0. The largest absolute Gasteiger partial charge is 0.467 e. The van der Waals surface area contributed by atoms with Crippen LogP contribution in [0.1, 0.15) is 45.6 Å². The Morgan fingerprint density at radius 2 is 1.68 bits per heavy atom. The Morgan fingerprint density at radius 1 is 1.09 bits per heavy atom. The molecule has 0 aliphatic rings. The number of benzene rings is 1. The summed E-state index contributed by atoms with van der Waals surface area (Å²) < 4.78 is 4.72. The molecule has 0 unspecified atom stereocenters. The van der Waals surface area contributed by atoms with Gasteiger partial charge in [0.1, 0.15) is 6.04 Å². The topological polar surface area (TPSA) is 67.4 Å². The predicted octanol–water partition coefficient (Wildman–Crippen LogP) is 3.52. The Labute approximate surface area is 132 Å². The van der Waals surface area contributed by atoms with E-state index in [1.54, 1.807) is 0 Å². The zero-order valence-electron chi connectivity index (χ0n) is 14.0. The van der Waals surface area contributed by atoms with Gasteiger partial charge in [-0.25, -0.2) is 9.59 Å². The lowest BCUT2D eigenvalue weighted by molar-refractivity contribution is -0.143. The van der Waals surface area contributed by atoms with Gasteiger partial charge in [-0.1, -0.05) is 39.8 Å². The SMILES string of the molecule is COC(=O)[C@H](CC(C)C)NC(=O)Nc1ccc(C(C)C)cc1. The molecule has 0 spiro atoms. The van der Waals surface area contributed by atoms with Crippen LogP contribution in [0.15, 0.2) is 24.3 Å². The van der Waals surface area contributed by atoms with E-state index in [0.29, 0.717) is 18.0 Å². The van der Waals surface area contributed by atoms with Gasteiger partial charge in [0.15, 0.2) is 0 Å². The van der Waals surface area contributed by atoms with E-state index in [-0.39, 0.29) is 5.92 Å². The van der Waals surface area contributed by atoms with E-state index < -0.39 is 18.0 Å². The average molecular weight is 306 g/mol. The van der Waals surface area contributed by atoms with Crippen LogP contribution in [0, 0.1) is 5.92 Å². The molecule has 0 radical (unpaired) electrons. The minimum Gasteiger partial charge on any atom is -0.467 e. The van der Waals surface area contributed by atoms with Crippen LogP contribution < -0.4 is 10.6 Å². The maximum Gasteiger partial charge on any atom is 0.328 e. The highest BCUT2D eigenvalue weighted by atomic mass is 16.5. The molecule has 0 fully saturated rings. The van der Waals surface area contributed by atoms with Crippen molar-refractivity contribution in [2.75, 3.05) is 12.4 Å². The van der Waals surface area contributed by atoms with Crippen molar-refractivity contribution in [3.05, 3.63) is 29.8 Å². The maximum atomic E-state index is 12.0. The average Bonchev–Trinajstić information content (AvgIpc) is 2.45. The van der Waals surface area contributed by atoms with Crippen molar-refractivity contribution in [3.63, 3.8) is 0 Å². The molecule has 0 saturated heterocycles. The van der Waals surface area contributed by atoms with Gasteiger partial charge in [0.25, 0.3) is 0 Å². The first-order valence-electron chi connectivity index (χ1n) is 7.58. The molecule has 22 heavy (non-hydrogen) atoms. The van der Waals surface area contributed by atoms with Gasteiger partial charge in [0.2, 0.25) is 0 Å². The van der Waals surface area contributed by atoms with Crippen LogP contribution in [0.2, 0.25) is 0 Å². The number of carbonyl (C=O) groups is 2. The third kappa shape index (κ3) is 5.76. The molecule has 0 aromatic heterocycles. The van der Waals surface area contributed by atoms with Gasteiger partial charge < -0.3 is 15.4 Å². The number of hydrogen-bond acceptors (Lipinski definition) is 3. The Bertz CT molecular complexity index is 495. The summed E-state index contributed by atoms with van der Waals surface area (Å²) in [6.07, 6.45) is 0.534. The molecule has 122 valence electrons. The Balaban J connectivity index is 2.64. The van der Waals surface area contributed by atoms with Gasteiger partial charge in [-0.2, -0.15) is 0 Å². The van der Waals surface area contributed by atoms with Crippen molar-refractivity contribution >= 4 is 17.7 Å². The third-order valence-electron chi connectivity index (χ3n) is 3.33. The van der Waals surface area contributed by atoms with Gasteiger partial charge >= 0.3 is 12.0 Å². The minimum absolute atomic E-state index is 0.273. The fourth-order valence-corrected chi connectivity index (χ4v) is 2.10. The molecule has 0 heterocycles. The summed E-state index contributed by atoms with van der Waals surface area (Å²) in [5.74, 6) is 0.284. The van der Waals surface area contributed by atoms with Crippen LogP contribution in [0.5, 0.6) is 0 Å². The molecule has 0 saturated carbocycles. The van der Waals surface area contributed by atoms with Crippen molar-refractivity contribution < 1.29 is 14.3 Å². The zero-order chi connectivity index (χ0) is 16.7. The first-order valence-corrected chi connectivity index (χ1v) is 7.58. The molecular formula is C17H26N2O3. The highest BCUT2D eigenvalue weighted by Crippen LogP contribution is 2.17. The number of amides is 2. The third-order valence-corrected chi connectivity index (χ3v) is 3.33. The number of methoxy groups -OCH3 is 1. The molecule has 2 amide bonds. The second-order valence-corrected chi connectivity index (χ2v) is 6.08. The van der Waals surface area contributed by atoms with E-state index in [0.717, 1.165) is 0 Å². The van der Waals surface area contributed by atoms with E-state index in [2.05, 4.69) is 24.5 Å². The van der Waals surface area contributed by atoms with Crippen LogP contribution in [0.4, 0.5) is 10.5 Å². The highest BCUT2D eigenvalue weighted by molar-refractivity contribution is 5.92. The lowest BCUT2D eigenvalue weighted by atomic mass is 10.0. The van der Waals surface area contributed by atoms with Gasteiger partial charge in [0.05, 0.1) is 7.11 Å². The van der Waals surface area contributed by atoms with Gasteiger partial charge in [-0.15, -0.1) is 0 Å². The second kappa shape index (κ2) is 8.41. The first kappa shape index (κ1) is 18.0. The molecule has 1 rings (SSSR count). The number of carbonyl (C=O) groups excluding carboxylic acids is 2. The summed E-state index contributed by atoms with van der Waals surface area (Å²) in [5, 5.41) is 5.39. The molecule has 1 atom stereocenters. The smallest absolute Gasteiger partial charge is 0.328 e. The molecule has 2 N–H and O–H groups in total. The summed E-state index contributed by atoms with van der Waals surface area (Å²) in [7, 11) is 1.32. The quantitative estimate of drug-likeness (QED) is 0.790. The fraction of sp³-hybridized carbons (Fsp3) is 0.529. The molecule has 0 bridgehead atoms. The van der Waals surface area contributed by atoms with Crippen molar-refractivity contribution in [1.82, 2.24) is 5.32 Å². The molecule has 1 aromatic carbocycles. The van der Waals surface area contributed by atoms with Gasteiger partial charge in [-0.3, -0.25) is 0 Å². The van der Waals surface area contributed by atoms with Crippen LogP contribution in [-0.2, 0) is 9.53 Å². The van der Waals surface area contributed by atoms with Gasteiger partial charge in [-0.05, 0) is 36.0 Å². The van der Waals surface area contributed by atoms with Crippen molar-refractivity contribution in [1.29, 1.82) is 0 Å². The fourth-order valence-electron chi connectivity index (χ4n) is 2.10. The van der Waals surface area contributed by atoms with E-state index in [4.69, 9.17) is 4.74 Å². The highest BCUT2D eigenvalue weighted by Gasteiger charge is 2.22. The summed E-state index contributed by atoms with van der Waals surface area (Å²) in [6, 6.07) is 6.61. The van der Waals surface area contributed by atoms with Gasteiger partial charge in [0, 0.05) is 5.69 Å². The van der Waals surface area contributed by atoms with Crippen LogP contribution >= 0.6 is 0 Å². The maximum absolute atomic E-state index is 12.0. The molecule has 5 heteroatoms. The second-order valence-electron chi connectivity index (χ2n) is 6.08. The van der Waals surface area contributed by atoms with Crippen LogP contribution in [-0.4, -0.2) is 25.2 Å². The molecular weight excluding hydrogens is 280 g/mol. The van der Waals surface area contributed by atoms with Crippen molar-refractivity contribution in [2.24, 2.45) is 5.92 Å². The van der Waals surface area contributed by atoms with Crippen molar-refractivity contribution in [3.8, 4) is 0 Å². The number of esters is 1. The number of hydrogen-bond donors (Lipinski definition) is 2. The van der Waals surface area contributed by atoms with E-state index >= 15 is 0 Å². The minimum atomic E-state index is -0.639. The Kier molecular flexibility index (Phi) is 6.89. The van der Waals surface area contributed by atoms with E-state index in [9.17, 15) is 9.59 Å². The number of rotatable bonds is 6. The number of anilines is 1. The lowest BCUT2D eigenvalue weighted by Crippen LogP contribution is -2.44. The standard InChI is InChI=1S/C17H26N2O3/c1-11(2)10-15(16(20)22-5)19-17(21)18-14-8-6-13(7-9-14)12(3)4/h6-9,11-12,15H,10H2,1-5H3,(H2,18,19,21)/t15-/m0/s1. The van der Waals surface area contributed by atoms with E-state index in [1.165, 1.54) is 12.7 Å². The number of nitrogens with one attached hydrogen (secondary N) is 2. The van der Waals surface area contributed by atoms with Crippen LogP contribution in [0.25, 0.3) is 0 Å². The zero-order valence-corrected chi connectivity index (χ0v) is 14.0. The summed E-state index contributed by atoms with van der Waals surface area (Å²) in [4.78, 5) is 23.7. The Morgan fingerprint density at radius 3 is 2.14 bits per heavy atom. The number of urea groups is 1.